The molecule has 1 saturated heterocycles. The number of hydrogen-bond donors (Lipinski definition) is 1. The van der Waals surface area contributed by atoms with Gasteiger partial charge in [-0.05, 0) is 48.8 Å². The average molecular weight is 244 g/mol. The first kappa shape index (κ1) is 12.0. The van der Waals surface area contributed by atoms with Crippen LogP contribution in [0.3, 0.4) is 0 Å². The molecular formula is C16H24N2. The van der Waals surface area contributed by atoms with Crippen LogP contribution in [0.4, 0.5) is 5.69 Å². The van der Waals surface area contributed by atoms with Crippen LogP contribution in [-0.4, -0.2) is 13.1 Å². The van der Waals surface area contributed by atoms with Gasteiger partial charge in [-0.25, -0.2) is 0 Å². The summed E-state index contributed by atoms with van der Waals surface area (Å²) in [7, 11) is 0. The fourth-order valence-corrected chi connectivity index (χ4v) is 3.71. The number of piperidine rings is 1. The average Bonchev–Trinajstić information content (AvgIpc) is 2.88. The third-order valence-corrected chi connectivity index (χ3v) is 5.03. The zero-order valence-corrected chi connectivity index (χ0v) is 11.2. The van der Waals surface area contributed by atoms with Crippen LogP contribution >= 0.6 is 0 Å². The van der Waals surface area contributed by atoms with Gasteiger partial charge in [0.2, 0.25) is 0 Å². The SMILES string of the molecule is NCc1ccc(N2CCC3(CCCC3)CC2)cc1. The molecule has 0 aromatic heterocycles. The highest BCUT2D eigenvalue weighted by atomic mass is 15.1. The molecule has 1 aromatic rings. The molecule has 1 aliphatic carbocycles. The van der Waals surface area contributed by atoms with Gasteiger partial charge in [0.05, 0.1) is 0 Å². The van der Waals surface area contributed by atoms with Crippen molar-refractivity contribution in [1.29, 1.82) is 0 Å². The van der Waals surface area contributed by atoms with Gasteiger partial charge in [-0.3, -0.25) is 0 Å². The lowest BCUT2D eigenvalue weighted by molar-refractivity contribution is 0.226. The lowest BCUT2D eigenvalue weighted by Crippen LogP contribution is -2.38. The number of hydrogen-bond acceptors (Lipinski definition) is 2. The first-order valence-corrected chi connectivity index (χ1v) is 7.35. The maximum Gasteiger partial charge on any atom is 0.0366 e. The van der Waals surface area contributed by atoms with Crippen LogP contribution in [0, 0.1) is 5.41 Å². The first-order chi connectivity index (χ1) is 8.81. The second-order valence-electron chi connectivity index (χ2n) is 6.06. The Kier molecular flexibility index (Phi) is 3.29. The topological polar surface area (TPSA) is 29.3 Å². The Labute approximate surface area is 110 Å². The Morgan fingerprint density at radius 3 is 2.11 bits per heavy atom. The maximum absolute atomic E-state index is 5.64. The molecule has 2 fully saturated rings. The largest absolute Gasteiger partial charge is 0.371 e. The number of rotatable bonds is 2. The van der Waals surface area contributed by atoms with E-state index in [2.05, 4.69) is 29.2 Å². The number of nitrogens with zero attached hydrogens (tertiary/aromatic N) is 1. The van der Waals surface area contributed by atoms with Gasteiger partial charge in [-0.1, -0.05) is 25.0 Å². The monoisotopic (exact) mass is 244 g/mol. The molecule has 2 nitrogen and oxygen atoms in total. The van der Waals surface area contributed by atoms with E-state index in [1.165, 1.54) is 62.9 Å². The van der Waals surface area contributed by atoms with Crippen LogP contribution in [0.5, 0.6) is 0 Å². The molecule has 1 saturated carbocycles. The predicted octanol–water partition coefficient (Wildman–Crippen LogP) is 3.31. The Morgan fingerprint density at radius 2 is 1.56 bits per heavy atom. The Hall–Kier alpha value is -1.02. The number of benzene rings is 1. The molecule has 2 N–H and O–H groups in total. The molecule has 18 heavy (non-hydrogen) atoms. The van der Waals surface area contributed by atoms with E-state index in [-0.39, 0.29) is 0 Å². The summed E-state index contributed by atoms with van der Waals surface area (Å²) in [5.74, 6) is 0. The fourth-order valence-electron chi connectivity index (χ4n) is 3.71. The van der Waals surface area contributed by atoms with E-state index >= 15 is 0 Å². The van der Waals surface area contributed by atoms with Crippen LogP contribution in [0.15, 0.2) is 24.3 Å². The smallest absolute Gasteiger partial charge is 0.0366 e. The van der Waals surface area contributed by atoms with Crippen molar-refractivity contribution in [2.75, 3.05) is 18.0 Å². The van der Waals surface area contributed by atoms with Gasteiger partial charge >= 0.3 is 0 Å². The van der Waals surface area contributed by atoms with Crippen molar-refractivity contribution in [1.82, 2.24) is 0 Å². The third-order valence-electron chi connectivity index (χ3n) is 5.03. The molecule has 2 aliphatic rings. The Morgan fingerprint density at radius 1 is 0.944 bits per heavy atom. The van der Waals surface area contributed by atoms with Gasteiger partial charge in [0.15, 0.2) is 0 Å². The highest BCUT2D eigenvalue weighted by molar-refractivity contribution is 5.48. The summed E-state index contributed by atoms with van der Waals surface area (Å²) in [6.45, 7) is 3.12. The van der Waals surface area contributed by atoms with E-state index in [1.54, 1.807) is 0 Å². The molecule has 0 unspecified atom stereocenters. The quantitative estimate of drug-likeness (QED) is 0.865. The highest BCUT2D eigenvalue weighted by Crippen LogP contribution is 2.46. The molecule has 3 rings (SSSR count). The summed E-state index contributed by atoms with van der Waals surface area (Å²) in [5, 5.41) is 0. The number of nitrogens with two attached hydrogens (primary N) is 1. The summed E-state index contributed by atoms with van der Waals surface area (Å²) in [4.78, 5) is 2.55. The molecule has 0 amide bonds. The Balaban J connectivity index is 1.64. The van der Waals surface area contributed by atoms with E-state index in [4.69, 9.17) is 5.73 Å². The zero-order chi connectivity index (χ0) is 12.4. The highest BCUT2D eigenvalue weighted by Gasteiger charge is 2.36. The molecule has 0 bridgehead atoms. The van der Waals surface area contributed by atoms with Crippen molar-refractivity contribution in [2.24, 2.45) is 11.1 Å². The van der Waals surface area contributed by atoms with Gasteiger partial charge in [0.25, 0.3) is 0 Å². The van der Waals surface area contributed by atoms with Gasteiger partial charge in [-0.2, -0.15) is 0 Å². The summed E-state index contributed by atoms with van der Waals surface area (Å²) in [6.07, 6.45) is 8.67. The van der Waals surface area contributed by atoms with Crippen molar-refractivity contribution in [3.63, 3.8) is 0 Å². The van der Waals surface area contributed by atoms with Crippen LogP contribution in [-0.2, 0) is 6.54 Å². The third kappa shape index (κ3) is 2.26. The molecule has 1 aromatic carbocycles. The molecule has 0 atom stereocenters. The normalized spacial score (nSPS) is 22.6. The lowest BCUT2D eigenvalue weighted by Gasteiger charge is -2.40. The van der Waals surface area contributed by atoms with E-state index in [0.717, 1.165) is 0 Å². The lowest BCUT2D eigenvalue weighted by atomic mass is 9.77. The molecule has 1 heterocycles. The minimum atomic E-state index is 0.642. The minimum Gasteiger partial charge on any atom is -0.371 e. The Bertz CT molecular complexity index is 380. The predicted molar refractivity (Wildman–Crippen MR) is 76.7 cm³/mol. The van der Waals surface area contributed by atoms with Crippen LogP contribution in [0.25, 0.3) is 0 Å². The van der Waals surface area contributed by atoms with Crippen molar-refractivity contribution >= 4 is 5.69 Å². The standard InChI is InChI=1S/C16H24N2/c17-13-14-3-5-15(6-4-14)18-11-9-16(10-12-18)7-1-2-8-16/h3-6H,1-2,7-13,17H2. The second kappa shape index (κ2) is 4.93. The summed E-state index contributed by atoms with van der Waals surface area (Å²) >= 11 is 0. The van der Waals surface area contributed by atoms with Gasteiger partial charge in [0.1, 0.15) is 0 Å². The van der Waals surface area contributed by atoms with E-state index in [1.807, 2.05) is 0 Å². The van der Waals surface area contributed by atoms with E-state index in [9.17, 15) is 0 Å². The van der Waals surface area contributed by atoms with E-state index in [0.29, 0.717) is 12.0 Å². The summed E-state index contributed by atoms with van der Waals surface area (Å²) in [6, 6.07) is 8.79. The van der Waals surface area contributed by atoms with Gasteiger partial charge < -0.3 is 10.6 Å². The molecular weight excluding hydrogens is 220 g/mol. The molecule has 0 radical (unpaired) electrons. The minimum absolute atomic E-state index is 0.642. The van der Waals surface area contributed by atoms with Crippen molar-refractivity contribution < 1.29 is 0 Å². The van der Waals surface area contributed by atoms with Gasteiger partial charge in [-0.15, -0.1) is 0 Å². The molecule has 2 heteroatoms. The van der Waals surface area contributed by atoms with Crippen LogP contribution < -0.4 is 10.6 Å². The van der Waals surface area contributed by atoms with E-state index < -0.39 is 0 Å². The van der Waals surface area contributed by atoms with Crippen LogP contribution in [0.2, 0.25) is 0 Å². The van der Waals surface area contributed by atoms with Crippen LogP contribution in [0.1, 0.15) is 44.1 Å². The molecule has 1 aliphatic heterocycles. The van der Waals surface area contributed by atoms with Crippen molar-refractivity contribution in [2.45, 2.75) is 45.1 Å². The van der Waals surface area contributed by atoms with Crippen molar-refractivity contribution in [3.8, 4) is 0 Å². The van der Waals surface area contributed by atoms with Crippen molar-refractivity contribution in [3.05, 3.63) is 29.8 Å². The summed E-state index contributed by atoms with van der Waals surface area (Å²) < 4.78 is 0. The molecule has 1 spiro atoms. The zero-order valence-electron chi connectivity index (χ0n) is 11.2. The fraction of sp³-hybridized carbons (Fsp3) is 0.625. The first-order valence-electron chi connectivity index (χ1n) is 7.35. The van der Waals surface area contributed by atoms with Gasteiger partial charge in [0, 0.05) is 25.3 Å². The maximum atomic E-state index is 5.64. The molecule has 98 valence electrons. The second-order valence-corrected chi connectivity index (χ2v) is 6.06. The summed E-state index contributed by atoms with van der Waals surface area (Å²) in [5.41, 5.74) is 8.96. The number of anilines is 1.